The molecule has 23 rings (SSSR count). The van der Waals surface area contributed by atoms with E-state index >= 15 is 0 Å². The van der Waals surface area contributed by atoms with Gasteiger partial charge in [-0.05, 0) is 207 Å². The molecule has 0 spiro atoms. The molecular formula is C116H85BN4. The molecule has 0 atom stereocenters. The maximum Gasteiger partial charge on any atom is 0.252 e. The lowest BCUT2D eigenvalue weighted by atomic mass is 9.33. The van der Waals surface area contributed by atoms with Gasteiger partial charge in [-0.2, -0.15) is 0 Å². The molecular weight excluding hydrogens is 1460 g/mol. The highest BCUT2D eigenvalue weighted by atomic mass is 15.2. The summed E-state index contributed by atoms with van der Waals surface area (Å²) in [5.41, 5.74) is 25.6. The number of aromatic nitrogens is 2. The summed E-state index contributed by atoms with van der Waals surface area (Å²) in [6.45, 7) is 12.7. The maximum absolute atomic E-state index is 10.7. The predicted octanol–water partition coefficient (Wildman–Crippen LogP) is 29.6. The average Bonchev–Trinajstić information content (AvgIpc) is 1.52. The summed E-state index contributed by atoms with van der Waals surface area (Å²) < 4.78 is 124. The first-order valence-corrected chi connectivity index (χ1v) is 41.5. The maximum atomic E-state index is 10.7. The molecule has 0 fully saturated rings. The van der Waals surface area contributed by atoms with Crippen LogP contribution in [0, 0.1) is 0 Å². The molecule has 2 aliphatic heterocycles. The third kappa shape index (κ3) is 11.6. The minimum Gasteiger partial charge on any atom is -0.309 e. The van der Waals surface area contributed by atoms with E-state index in [4.69, 9.17) is 1.37 Å². The number of fused-ring (bicyclic) bond motifs is 15. The van der Waals surface area contributed by atoms with E-state index in [0.29, 0.717) is 22.5 Å². The van der Waals surface area contributed by atoms with Gasteiger partial charge in [0.05, 0.1) is 66.8 Å². The van der Waals surface area contributed by atoms with Crippen LogP contribution in [-0.2, 0) is 10.8 Å². The largest absolute Gasteiger partial charge is 0.309 e. The first kappa shape index (κ1) is 59.8. The molecule has 0 saturated carbocycles. The van der Waals surface area contributed by atoms with Gasteiger partial charge in [0, 0.05) is 71.6 Å². The van der Waals surface area contributed by atoms with Crippen LogP contribution in [0.2, 0.25) is 0 Å². The fourth-order valence-electron chi connectivity index (χ4n) is 19.3. The Bertz CT molecular complexity index is 8300. The fraction of sp³-hybridized carbons (Fsp3) is 0.0690. The Morgan fingerprint density at radius 3 is 1.19 bits per heavy atom. The zero-order chi connectivity index (χ0) is 91.4. The zero-order valence-electron chi connectivity index (χ0n) is 79.6. The second-order valence-electron chi connectivity index (χ2n) is 34.1. The monoisotopic (exact) mass is 1560 g/mol. The third-order valence-electron chi connectivity index (χ3n) is 25.0. The van der Waals surface area contributed by atoms with Crippen LogP contribution in [0.5, 0.6) is 0 Å². The quantitative estimate of drug-likeness (QED) is 0.113. The van der Waals surface area contributed by atoms with Crippen LogP contribution in [0.4, 0.5) is 34.1 Å². The van der Waals surface area contributed by atoms with E-state index in [-0.39, 0.29) is 63.1 Å². The van der Waals surface area contributed by atoms with Crippen molar-refractivity contribution in [2.24, 2.45) is 0 Å². The molecule has 18 aromatic carbocycles. The lowest BCUT2D eigenvalue weighted by molar-refractivity contribution is 0.590. The molecule has 0 bridgehead atoms. The Kier molecular flexibility index (Phi) is 13.8. The van der Waals surface area contributed by atoms with Crippen LogP contribution in [-0.4, -0.2) is 15.7 Å². The number of anilines is 6. The molecule has 21 aromatic rings. The van der Waals surface area contributed by atoms with Gasteiger partial charge in [-0.3, -0.25) is 0 Å². The molecule has 0 amide bonds. The Balaban J connectivity index is 0.950. The molecule has 5 heteroatoms. The summed E-state index contributed by atoms with van der Waals surface area (Å²) in [4.78, 5) is 5.00. The van der Waals surface area contributed by atoms with Crippen LogP contribution in [0.25, 0.3) is 166 Å². The molecule has 572 valence electrons. The first-order chi connectivity index (χ1) is 64.3. The Hall–Kier alpha value is -14.8. The van der Waals surface area contributed by atoms with E-state index in [1.165, 1.54) is 0 Å². The highest BCUT2D eigenvalue weighted by Crippen LogP contribution is 2.60. The minimum absolute atomic E-state index is 0.0143. The second kappa shape index (κ2) is 28.0. The van der Waals surface area contributed by atoms with Crippen molar-refractivity contribution in [3.63, 3.8) is 0 Å². The molecule has 0 saturated heterocycles. The van der Waals surface area contributed by atoms with Crippen LogP contribution in [0.3, 0.4) is 0 Å². The van der Waals surface area contributed by atoms with E-state index in [1.54, 1.807) is 4.57 Å². The fourth-order valence-corrected chi connectivity index (χ4v) is 19.3. The summed E-state index contributed by atoms with van der Waals surface area (Å²) in [6, 6.07) is 111. The van der Waals surface area contributed by atoms with E-state index in [2.05, 4.69) is 298 Å². The number of para-hydroxylation sites is 3. The van der Waals surface area contributed by atoms with Crippen molar-refractivity contribution in [2.45, 2.75) is 52.4 Å². The van der Waals surface area contributed by atoms with Crippen molar-refractivity contribution in [3.8, 4) is 106 Å². The van der Waals surface area contributed by atoms with Gasteiger partial charge in [-0.15, -0.1) is 0 Å². The standard InChI is InChI=1S/C116H85BN4/c1-115(2,3)88-69-94(78-42-21-11-22-43-78)110(95(70-88)79-44-23-12-24-45-79)121-106-73-90(118-101-55-28-25-52-91(101)98-67-84(58-62-104(98)118)83-49-31-46-80(64-83)74-34-13-7-14-35-74)60-61-99(106)117-100-68-85(77-40-19-10-20-41-77)59-63-105(100)120(113-107-92-53-26-29-56-102(92)119-103-57-30-27-54-93(103)108(112(107)119)114(121)109(113)117)111-96(86-50-32-47-81(65-86)75-36-15-8-16-37-75)71-89(116(4,5)6)72-97(111)87-51-33-48-82(66-87)76-38-17-9-18-39-76/h7-73H,1-6H3/i10D,19D,20D,25D,28D,40D,41D,52D,55D,58D,62D,67D. The molecule has 121 heavy (non-hydrogen) atoms. The van der Waals surface area contributed by atoms with Crippen molar-refractivity contribution in [3.05, 3.63) is 417 Å². The topological polar surface area (TPSA) is 15.8 Å². The van der Waals surface area contributed by atoms with Crippen LogP contribution >= 0.6 is 0 Å². The Labute approximate surface area is 723 Å². The Morgan fingerprint density at radius 1 is 0.264 bits per heavy atom. The highest BCUT2D eigenvalue weighted by molar-refractivity contribution is 7.01. The number of nitrogens with zero attached hydrogens (tertiary/aromatic N) is 4. The van der Waals surface area contributed by atoms with E-state index in [0.717, 1.165) is 172 Å². The summed E-state index contributed by atoms with van der Waals surface area (Å²) >= 11 is 0. The molecule has 2 aliphatic rings. The number of hydrogen-bond acceptors (Lipinski definition) is 2. The lowest BCUT2D eigenvalue weighted by Gasteiger charge is -2.46. The van der Waals surface area contributed by atoms with Gasteiger partial charge in [0.25, 0.3) is 6.71 Å². The number of hydrogen-bond donors (Lipinski definition) is 0. The van der Waals surface area contributed by atoms with Crippen LogP contribution < -0.4 is 26.2 Å². The number of rotatable bonds is 12. The average molecular weight is 1560 g/mol. The smallest absolute Gasteiger partial charge is 0.252 e. The first-order valence-electron chi connectivity index (χ1n) is 47.5. The predicted molar refractivity (Wildman–Crippen MR) is 516 cm³/mol. The van der Waals surface area contributed by atoms with Crippen molar-refractivity contribution in [1.29, 1.82) is 0 Å². The van der Waals surface area contributed by atoms with E-state index in [9.17, 15) is 15.1 Å². The normalized spacial score (nSPS) is 14.0. The van der Waals surface area contributed by atoms with E-state index in [1.807, 2.05) is 91.0 Å². The molecule has 0 radical (unpaired) electrons. The summed E-state index contributed by atoms with van der Waals surface area (Å²) in [5.74, 6) is 0. The van der Waals surface area contributed by atoms with Gasteiger partial charge in [0.1, 0.15) is 0 Å². The molecule has 0 N–H and O–H groups in total. The van der Waals surface area contributed by atoms with Gasteiger partial charge < -0.3 is 18.8 Å². The van der Waals surface area contributed by atoms with Crippen molar-refractivity contribution in [2.75, 3.05) is 9.80 Å². The minimum atomic E-state index is -0.870. The molecule has 0 unspecified atom stereocenters. The SMILES string of the molecule is [2H]c1c([2H])c([2H])c(-c2ccc3c(c2)B2c4ccc(-n5c6c([2H])c([2H])c([2H])c([2H])c6c6c([2H])c(-c7cccc(-c8ccccc8)c7)c([2H])c([2H])c65)cc4N(c4c(-c5ccccc5)cc(C(C)(C)C)cc4-c4ccccc4)c4c2c(c2c5ccccc5n5c6ccccc6c4c25)N3c2c(-c3cccc(-c4ccccc4)c3)cc(C(C)(C)C)cc2-c2cccc(-c3ccccc3)c2)c([2H])c1[2H]. The van der Waals surface area contributed by atoms with Gasteiger partial charge in [0.15, 0.2) is 0 Å². The second-order valence-corrected chi connectivity index (χ2v) is 34.1. The zero-order valence-corrected chi connectivity index (χ0v) is 67.6. The summed E-state index contributed by atoms with van der Waals surface area (Å²) in [5, 5.41) is 3.88. The number of benzene rings is 18. The van der Waals surface area contributed by atoms with Crippen LogP contribution in [0.1, 0.15) is 69.1 Å². The van der Waals surface area contributed by atoms with Gasteiger partial charge in [-0.1, -0.05) is 357 Å². The van der Waals surface area contributed by atoms with Gasteiger partial charge in [-0.25, -0.2) is 0 Å². The lowest BCUT2D eigenvalue weighted by Crippen LogP contribution is -2.61. The Morgan fingerprint density at radius 2 is 0.678 bits per heavy atom. The molecule has 4 nitrogen and oxygen atoms in total. The molecule has 3 aromatic heterocycles. The summed E-state index contributed by atoms with van der Waals surface area (Å²) in [7, 11) is 0. The van der Waals surface area contributed by atoms with Crippen molar-refractivity contribution < 1.29 is 16.4 Å². The van der Waals surface area contributed by atoms with Gasteiger partial charge >= 0.3 is 0 Å². The van der Waals surface area contributed by atoms with Crippen molar-refractivity contribution >= 4 is 117 Å². The highest BCUT2D eigenvalue weighted by Gasteiger charge is 2.49. The summed E-state index contributed by atoms with van der Waals surface area (Å²) in [6.07, 6.45) is 0. The van der Waals surface area contributed by atoms with Crippen molar-refractivity contribution in [1.82, 2.24) is 8.97 Å². The molecule has 0 aliphatic carbocycles. The van der Waals surface area contributed by atoms with Gasteiger partial charge in [0.2, 0.25) is 0 Å². The molecule has 5 heterocycles. The van der Waals surface area contributed by atoms with E-state index < -0.39 is 59.8 Å². The van der Waals surface area contributed by atoms with Crippen LogP contribution in [0.15, 0.2) is 406 Å². The third-order valence-corrected chi connectivity index (χ3v) is 25.0.